The fourth-order valence-electron chi connectivity index (χ4n) is 2.35. The van der Waals surface area contributed by atoms with Gasteiger partial charge in [0.15, 0.2) is 0 Å². The van der Waals surface area contributed by atoms with Gasteiger partial charge in [-0.3, -0.25) is 10.1 Å². The molecule has 2 rings (SSSR count). The number of amides is 2. The molecule has 2 aromatic carbocycles. The number of methoxy groups -OCH3 is 1. The van der Waals surface area contributed by atoms with E-state index in [-0.39, 0.29) is 11.4 Å². The Bertz CT molecular complexity index is 953. The highest BCUT2D eigenvalue weighted by Gasteiger charge is 2.34. The molecule has 10 heteroatoms. The van der Waals surface area contributed by atoms with Crippen molar-refractivity contribution in [3.05, 3.63) is 53.3 Å². The van der Waals surface area contributed by atoms with Gasteiger partial charge in [-0.2, -0.15) is 13.2 Å². The summed E-state index contributed by atoms with van der Waals surface area (Å²) in [6, 6.07) is 6.17. The zero-order chi connectivity index (χ0) is 22.7. The van der Waals surface area contributed by atoms with Gasteiger partial charge in [0.25, 0.3) is 5.91 Å². The summed E-state index contributed by atoms with van der Waals surface area (Å²) in [5.74, 6) is -2.12. The van der Waals surface area contributed by atoms with Gasteiger partial charge in [-0.05, 0) is 51.1 Å². The van der Waals surface area contributed by atoms with E-state index >= 15 is 0 Å². The molecule has 0 radical (unpaired) electrons. The second-order valence-corrected chi connectivity index (χ2v) is 7.18. The molecule has 2 N–H and O–H groups in total. The largest absolute Gasteiger partial charge is 0.497 e. The maximum absolute atomic E-state index is 13.5. The van der Waals surface area contributed by atoms with E-state index in [0.29, 0.717) is 17.9 Å². The first kappa shape index (κ1) is 23.0. The molecule has 0 aliphatic rings. The summed E-state index contributed by atoms with van der Waals surface area (Å²) in [6.07, 6.45) is -5.76. The molecule has 0 aliphatic heterocycles. The number of halogens is 4. The van der Waals surface area contributed by atoms with Crippen LogP contribution in [0.5, 0.6) is 5.75 Å². The zero-order valence-corrected chi connectivity index (χ0v) is 16.6. The van der Waals surface area contributed by atoms with Crippen molar-refractivity contribution >= 4 is 23.4 Å². The molecule has 6 nitrogen and oxygen atoms in total. The third-order valence-electron chi connectivity index (χ3n) is 3.64. The van der Waals surface area contributed by atoms with E-state index in [9.17, 15) is 27.2 Å². The molecule has 0 aliphatic carbocycles. The van der Waals surface area contributed by atoms with Gasteiger partial charge in [0.1, 0.15) is 17.2 Å². The average Bonchev–Trinajstić information content (AvgIpc) is 2.60. The van der Waals surface area contributed by atoms with Crippen molar-refractivity contribution in [2.45, 2.75) is 32.5 Å². The summed E-state index contributed by atoms with van der Waals surface area (Å²) < 4.78 is 62.4. The normalized spacial score (nSPS) is 11.6. The molecule has 0 saturated heterocycles. The molecular formula is C20H20F4N2O4. The number of alkyl halides is 3. The molecule has 0 saturated carbocycles. The fraction of sp³-hybridized carbons (Fsp3) is 0.300. The minimum atomic E-state index is -4.96. The van der Waals surface area contributed by atoms with Crippen LogP contribution in [0, 0.1) is 5.82 Å². The Morgan fingerprint density at radius 2 is 1.60 bits per heavy atom. The summed E-state index contributed by atoms with van der Waals surface area (Å²) in [7, 11) is 1.37. The van der Waals surface area contributed by atoms with Crippen LogP contribution >= 0.6 is 0 Å². The van der Waals surface area contributed by atoms with Crippen molar-refractivity contribution in [1.82, 2.24) is 0 Å². The Morgan fingerprint density at radius 3 is 2.17 bits per heavy atom. The first-order chi connectivity index (χ1) is 13.8. The quantitative estimate of drug-likeness (QED) is 0.635. The molecule has 0 aromatic heterocycles. The maximum atomic E-state index is 13.5. The summed E-state index contributed by atoms with van der Waals surface area (Å²) in [6.45, 7) is 4.99. The van der Waals surface area contributed by atoms with Crippen molar-refractivity contribution in [2.75, 3.05) is 17.7 Å². The first-order valence-electron chi connectivity index (χ1n) is 8.66. The van der Waals surface area contributed by atoms with Gasteiger partial charge in [0.05, 0.1) is 24.0 Å². The number of carbonyl (C=O) groups is 2. The lowest BCUT2D eigenvalue weighted by Crippen LogP contribution is -2.27. The molecule has 2 aromatic rings. The number of rotatable bonds is 4. The van der Waals surface area contributed by atoms with Gasteiger partial charge < -0.3 is 14.8 Å². The van der Waals surface area contributed by atoms with Crippen LogP contribution in [0.2, 0.25) is 0 Å². The molecule has 0 heterocycles. The van der Waals surface area contributed by atoms with Crippen LogP contribution in [0.3, 0.4) is 0 Å². The average molecular weight is 428 g/mol. The van der Waals surface area contributed by atoms with E-state index in [0.717, 1.165) is 6.07 Å². The van der Waals surface area contributed by atoms with E-state index in [2.05, 4.69) is 10.6 Å². The van der Waals surface area contributed by atoms with E-state index in [1.807, 2.05) is 0 Å². The molecule has 0 fully saturated rings. The van der Waals surface area contributed by atoms with Gasteiger partial charge in [-0.15, -0.1) is 0 Å². The van der Waals surface area contributed by atoms with E-state index in [1.165, 1.54) is 25.3 Å². The van der Waals surface area contributed by atoms with Gasteiger partial charge in [-0.1, -0.05) is 0 Å². The number of anilines is 2. The van der Waals surface area contributed by atoms with Crippen LogP contribution < -0.4 is 15.4 Å². The lowest BCUT2D eigenvalue weighted by molar-refractivity contribution is -0.140. The van der Waals surface area contributed by atoms with Gasteiger partial charge in [0.2, 0.25) is 0 Å². The second-order valence-electron chi connectivity index (χ2n) is 7.18. The highest BCUT2D eigenvalue weighted by Crippen LogP contribution is 2.33. The molecule has 2 amide bonds. The molecular weight excluding hydrogens is 408 g/mol. The number of ether oxygens (including phenoxy) is 2. The minimum Gasteiger partial charge on any atom is -0.497 e. The fourth-order valence-corrected chi connectivity index (χ4v) is 2.35. The molecule has 0 atom stereocenters. The topological polar surface area (TPSA) is 76.7 Å². The number of hydrogen-bond donors (Lipinski definition) is 2. The van der Waals surface area contributed by atoms with Gasteiger partial charge in [-0.25, -0.2) is 9.18 Å². The van der Waals surface area contributed by atoms with Crippen molar-refractivity contribution in [1.29, 1.82) is 0 Å². The summed E-state index contributed by atoms with van der Waals surface area (Å²) in [5, 5.41) is 4.84. The smallest absolute Gasteiger partial charge is 0.419 e. The Kier molecular flexibility index (Phi) is 6.59. The monoisotopic (exact) mass is 428 g/mol. The Labute approximate surface area is 170 Å². The third kappa shape index (κ3) is 6.10. The van der Waals surface area contributed by atoms with Crippen LogP contribution in [0.25, 0.3) is 0 Å². The Morgan fingerprint density at radius 1 is 0.933 bits per heavy atom. The molecule has 162 valence electrons. The molecule has 0 unspecified atom stereocenters. The van der Waals surface area contributed by atoms with Gasteiger partial charge >= 0.3 is 12.3 Å². The number of nitrogens with one attached hydrogen (secondary N) is 2. The van der Waals surface area contributed by atoms with Crippen molar-refractivity contribution in [3.8, 4) is 5.75 Å². The Hall–Kier alpha value is -3.30. The highest BCUT2D eigenvalue weighted by molar-refractivity contribution is 6.07. The predicted octanol–water partition coefficient (Wildman–Crippen LogP) is 5.45. The SMILES string of the molecule is COc1ccc(NC(=O)OC(C)(C)C)c(NC(=O)c2ccc(F)c(C(F)(F)F)c2)c1. The molecule has 0 bridgehead atoms. The number of carbonyl (C=O) groups excluding carboxylic acids is 2. The van der Waals surface area contributed by atoms with Crippen molar-refractivity contribution < 1.29 is 36.6 Å². The minimum absolute atomic E-state index is 0.0445. The predicted molar refractivity (Wildman–Crippen MR) is 102 cm³/mol. The van der Waals surface area contributed by atoms with E-state index < -0.39 is 40.7 Å². The summed E-state index contributed by atoms with van der Waals surface area (Å²) in [4.78, 5) is 24.5. The van der Waals surface area contributed by atoms with Crippen LogP contribution in [-0.4, -0.2) is 24.7 Å². The van der Waals surface area contributed by atoms with Crippen LogP contribution in [-0.2, 0) is 10.9 Å². The summed E-state index contributed by atoms with van der Waals surface area (Å²) >= 11 is 0. The van der Waals surface area contributed by atoms with Crippen molar-refractivity contribution in [3.63, 3.8) is 0 Å². The molecule has 30 heavy (non-hydrogen) atoms. The van der Waals surface area contributed by atoms with E-state index in [1.54, 1.807) is 20.8 Å². The summed E-state index contributed by atoms with van der Waals surface area (Å²) in [5.41, 5.74) is -2.59. The highest BCUT2D eigenvalue weighted by atomic mass is 19.4. The lowest BCUT2D eigenvalue weighted by atomic mass is 10.1. The zero-order valence-electron chi connectivity index (χ0n) is 16.6. The van der Waals surface area contributed by atoms with Crippen LogP contribution in [0.1, 0.15) is 36.7 Å². The maximum Gasteiger partial charge on any atom is 0.419 e. The van der Waals surface area contributed by atoms with Crippen LogP contribution in [0.15, 0.2) is 36.4 Å². The number of benzene rings is 2. The Balaban J connectivity index is 2.32. The third-order valence-corrected chi connectivity index (χ3v) is 3.64. The van der Waals surface area contributed by atoms with Gasteiger partial charge in [0, 0.05) is 11.6 Å². The van der Waals surface area contributed by atoms with Crippen LogP contribution in [0.4, 0.5) is 33.7 Å². The number of hydrogen-bond acceptors (Lipinski definition) is 4. The standard InChI is InChI=1S/C20H20F4N2O4/c1-19(2,3)30-18(28)26-15-8-6-12(29-4)10-16(15)25-17(27)11-5-7-14(21)13(9-11)20(22,23)24/h5-10H,1-4H3,(H,25,27)(H,26,28). The lowest BCUT2D eigenvalue weighted by Gasteiger charge is -2.21. The second kappa shape index (κ2) is 8.60. The van der Waals surface area contributed by atoms with Crippen molar-refractivity contribution in [2.24, 2.45) is 0 Å². The van der Waals surface area contributed by atoms with E-state index in [4.69, 9.17) is 9.47 Å². The molecule has 0 spiro atoms. The first-order valence-corrected chi connectivity index (χ1v) is 8.66.